The summed E-state index contributed by atoms with van der Waals surface area (Å²) in [7, 11) is 0. The molecule has 0 aliphatic rings. The molecule has 0 bridgehead atoms. The molecular formula is C10H5Cl2IN2O2. The van der Waals surface area contributed by atoms with Gasteiger partial charge in [-0.15, -0.1) is 0 Å². The lowest BCUT2D eigenvalue weighted by molar-refractivity contribution is 0.456. The molecule has 0 saturated carbocycles. The van der Waals surface area contributed by atoms with Crippen LogP contribution in [0, 0.1) is 3.57 Å². The molecule has 0 fully saturated rings. The van der Waals surface area contributed by atoms with Crippen molar-refractivity contribution in [3.8, 4) is 11.6 Å². The zero-order valence-corrected chi connectivity index (χ0v) is 11.9. The number of ether oxygens (including phenoxy) is 1. The molecule has 1 heterocycles. The summed E-state index contributed by atoms with van der Waals surface area (Å²) >= 11 is 13.6. The van der Waals surface area contributed by atoms with Gasteiger partial charge in [0, 0.05) is 11.1 Å². The number of hydrogen-bond acceptors (Lipinski definition) is 3. The molecule has 0 spiro atoms. The molecule has 0 saturated heterocycles. The Balaban J connectivity index is 2.41. The molecular weight excluding hydrogens is 378 g/mol. The van der Waals surface area contributed by atoms with Gasteiger partial charge in [0.25, 0.3) is 5.56 Å². The fourth-order valence-electron chi connectivity index (χ4n) is 1.10. The maximum atomic E-state index is 11.3. The Morgan fingerprint density at radius 2 is 2.12 bits per heavy atom. The normalized spacial score (nSPS) is 10.3. The highest BCUT2D eigenvalue weighted by molar-refractivity contribution is 14.1. The maximum absolute atomic E-state index is 11.3. The number of nitrogens with one attached hydrogen (secondary N) is 1. The van der Waals surface area contributed by atoms with E-state index in [0.717, 1.165) is 0 Å². The lowest BCUT2D eigenvalue weighted by Crippen LogP contribution is -2.11. The lowest BCUT2D eigenvalue weighted by Gasteiger charge is -2.07. The van der Waals surface area contributed by atoms with Gasteiger partial charge in [-0.25, -0.2) is 4.98 Å². The number of hydrogen-bond donors (Lipinski definition) is 1. The summed E-state index contributed by atoms with van der Waals surface area (Å²) in [5, 5.41) is 0.886. The third-order valence-electron chi connectivity index (χ3n) is 1.86. The molecule has 2 rings (SSSR count). The molecule has 7 heteroatoms. The predicted octanol–water partition coefficient (Wildman–Crippen LogP) is 3.47. The molecule has 4 nitrogen and oxygen atoms in total. The molecule has 1 aromatic carbocycles. The second kappa shape index (κ2) is 5.24. The van der Waals surface area contributed by atoms with Crippen molar-refractivity contribution in [2.75, 3.05) is 0 Å². The zero-order chi connectivity index (χ0) is 12.4. The minimum Gasteiger partial charge on any atom is -0.436 e. The highest BCUT2D eigenvalue weighted by Gasteiger charge is 2.10. The van der Waals surface area contributed by atoms with Crippen molar-refractivity contribution in [1.29, 1.82) is 0 Å². The smallest absolute Gasteiger partial charge is 0.268 e. The van der Waals surface area contributed by atoms with Gasteiger partial charge in [0.05, 0.1) is 11.3 Å². The van der Waals surface area contributed by atoms with E-state index in [0.29, 0.717) is 19.4 Å². The summed E-state index contributed by atoms with van der Waals surface area (Å²) in [4.78, 5) is 17.7. The summed E-state index contributed by atoms with van der Waals surface area (Å²) in [6.07, 6.45) is 1.26. The molecule has 0 atom stereocenters. The summed E-state index contributed by atoms with van der Waals surface area (Å²) in [5.74, 6) is 0.550. The average molecular weight is 383 g/mol. The van der Waals surface area contributed by atoms with E-state index in [1.807, 2.05) is 22.6 Å². The van der Waals surface area contributed by atoms with E-state index in [2.05, 4.69) is 9.97 Å². The van der Waals surface area contributed by atoms with Crippen LogP contribution in [0.4, 0.5) is 0 Å². The van der Waals surface area contributed by atoms with Gasteiger partial charge >= 0.3 is 0 Å². The Morgan fingerprint density at radius 1 is 1.35 bits per heavy atom. The fourth-order valence-corrected chi connectivity index (χ4v) is 1.82. The Morgan fingerprint density at radius 3 is 2.88 bits per heavy atom. The van der Waals surface area contributed by atoms with Crippen LogP contribution in [0.2, 0.25) is 10.0 Å². The average Bonchev–Trinajstić information content (AvgIpc) is 2.30. The van der Waals surface area contributed by atoms with E-state index < -0.39 is 0 Å². The second-order valence-electron chi connectivity index (χ2n) is 3.03. The Kier molecular flexibility index (Phi) is 3.90. The topological polar surface area (TPSA) is 55.0 Å². The second-order valence-corrected chi connectivity index (χ2v) is 4.95. The highest BCUT2D eigenvalue weighted by atomic mass is 127. The lowest BCUT2D eigenvalue weighted by atomic mass is 10.3. The van der Waals surface area contributed by atoms with Gasteiger partial charge in [-0.1, -0.05) is 23.2 Å². The first-order chi connectivity index (χ1) is 8.08. The molecule has 0 amide bonds. The summed E-state index contributed by atoms with van der Waals surface area (Å²) in [5.41, 5.74) is -0.270. The van der Waals surface area contributed by atoms with Gasteiger partial charge in [-0.2, -0.15) is 0 Å². The van der Waals surface area contributed by atoms with E-state index in [1.54, 1.807) is 18.2 Å². The summed E-state index contributed by atoms with van der Waals surface area (Å²) < 4.78 is 5.79. The Hall–Kier alpha value is -0.790. The van der Waals surface area contributed by atoms with E-state index in [9.17, 15) is 4.79 Å². The van der Waals surface area contributed by atoms with Gasteiger partial charge < -0.3 is 9.72 Å². The van der Waals surface area contributed by atoms with Crippen LogP contribution in [0.25, 0.3) is 0 Å². The SMILES string of the molecule is O=c1[nH]cnc(Oc2cc(Cl)ccc2Cl)c1I. The number of rotatable bonds is 2. The molecule has 2 aromatic rings. The van der Waals surface area contributed by atoms with Crippen molar-refractivity contribution in [3.05, 3.63) is 48.5 Å². The number of benzene rings is 1. The van der Waals surface area contributed by atoms with Crippen molar-refractivity contribution in [2.24, 2.45) is 0 Å². The van der Waals surface area contributed by atoms with Gasteiger partial charge in [-0.3, -0.25) is 4.79 Å². The summed E-state index contributed by atoms with van der Waals surface area (Å²) in [6.45, 7) is 0. The van der Waals surface area contributed by atoms with Gasteiger partial charge in [0.2, 0.25) is 5.88 Å². The van der Waals surface area contributed by atoms with Crippen LogP contribution in [0.15, 0.2) is 29.3 Å². The van der Waals surface area contributed by atoms with Crippen LogP contribution < -0.4 is 10.3 Å². The molecule has 0 radical (unpaired) electrons. The van der Waals surface area contributed by atoms with Crippen LogP contribution in [0.3, 0.4) is 0 Å². The molecule has 0 unspecified atom stereocenters. The molecule has 1 N–H and O–H groups in total. The van der Waals surface area contributed by atoms with Crippen LogP contribution in [-0.2, 0) is 0 Å². The molecule has 88 valence electrons. The van der Waals surface area contributed by atoms with Crippen LogP contribution in [0.5, 0.6) is 11.6 Å². The van der Waals surface area contributed by atoms with Crippen molar-refractivity contribution >= 4 is 45.8 Å². The highest BCUT2D eigenvalue weighted by Crippen LogP contribution is 2.31. The third kappa shape index (κ3) is 2.91. The number of H-pyrrole nitrogens is 1. The van der Waals surface area contributed by atoms with Crippen LogP contribution >= 0.6 is 45.8 Å². The molecule has 0 aliphatic heterocycles. The van der Waals surface area contributed by atoms with E-state index in [1.165, 1.54) is 6.33 Å². The molecule has 17 heavy (non-hydrogen) atoms. The first kappa shape index (κ1) is 12.7. The first-order valence-corrected chi connectivity index (χ1v) is 6.27. The van der Waals surface area contributed by atoms with Crippen molar-refractivity contribution in [2.45, 2.75) is 0 Å². The predicted molar refractivity (Wildman–Crippen MR) is 74.1 cm³/mol. The quantitative estimate of drug-likeness (QED) is 0.809. The van der Waals surface area contributed by atoms with Gasteiger partial charge in [0.1, 0.15) is 9.32 Å². The van der Waals surface area contributed by atoms with Crippen LogP contribution in [0.1, 0.15) is 0 Å². The number of halogens is 3. The summed E-state index contributed by atoms with van der Waals surface area (Å²) in [6, 6.07) is 4.81. The number of aromatic amines is 1. The monoisotopic (exact) mass is 382 g/mol. The number of aromatic nitrogens is 2. The van der Waals surface area contributed by atoms with E-state index >= 15 is 0 Å². The van der Waals surface area contributed by atoms with Crippen LogP contribution in [-0.4, -0.2) is 9.97 Å². The molecule has 0 aliphatic carbocycles. The Bertz CT molecular complexity index is 615. The minimum absolute atomic E-state index is 0.193. The largest absolute Gasteiger partial charge is 0.436 e. The van der Waals surface area contributed by atoms with Gasteiger partial charge in [0.15, 0.2) is 0 Å². The number of nitrogens with zero attached hydrogens (tertiary/aromatic N) is 1. The van der Waals surface area contributed by atoms with Crippen molar-refractivity contribution in [1.82, 2.24) is 9.97 Å². The van der Waals surface area contributed by atoms with Crippen molar-refractivity contribution in [3.63, 3.8) is 0 Å². The fraction of sp³-hybridized carbons (Fsp3) is 0. The Labute approximate surface area is 120 Å². The van der Waals surface area contributed by atoms with Crippen molar-refractivity contribution < 1.29 is 4.74 Å². The molecule has 1 aromatic heterocycles. The minimum atomic E-state index is -0.270. The van der Waals surface area contributed by atoms with Gasteiger partial charge in [-0.05, 0) is 34.7 Å². The third-order valence-corrected chi connectivity index (χ3v) is 3.36. The standard InChI is InChI=1S/C10H5Cl2IN2O2/c11-5-1-2-6(12)7(3-5)17-10-8(13)9(16)14-4-15-10/h1-4H,(H,14,15,16). The zero-order valence-electron chi connectivity index (χ0n) is 8.21. The van der Waals surface area contributed by atoms with E-state index in [4.69, 9.17) is 27.9 Å². The first-order valence-electron chi connectivity index (χ1n) is 4.44. The van der Waals surface area contributed by atoms with E-state index in [-0.39, 0.29) is 11.4 Å². The maximum Gasteiger partial charge on any atom is 0.268 e.